The third kappa shape index (κ3) is 4.69. The van der Waals surface area contributed by atoms with E-state index in [4.69, 9.17) is 11.6 Å². The van der Waals surface area contributed by atoms with E-state index in [-0.39, 0.29) is 17.2 Å². The number of hydrogen-bond acceptors (Lipinski definition) is 4. The number of aromatic amines is 1. The Hall–Kier alpha value is -2.02. The van der Waals surface area contributed by atoms with Gasteiger partial charge in [-0.3, -0.25) is 9.69 Å². The largest absolute Gasteiger partial charge is 0.351 e. The number of nitrogens with zero attached hydrogens (tertiary/aromatic N) is 2. The highest BCUT2D eigenvalue weighted by molar-refractivity contribution is 8.00. The SMILES string of the molecule is CC(Sc1nc2ccc(Cl)cc2[nH]1)C(=O)NC1CCN(Cc2ccccc2)C1. The Balaban J connectivity index is 1.29. The summed E-state index contributed by atoms with van der Waals surface area (Å²) in [4.78, 5) is 22.8. The Labute approximate surface area is 173 Å². The molecule has 1 fully saturated rings. The minimum Gasteiger partial charge on any atom is -0.351 e. The van der Waals surface area contributed by atoms with Crippen molar-refractivity contribution in [2.45, 2.75) is 36.3 Å². The van der Waals surface area contributed by atoms with Crippen LogP contribution in [0.5, 0.6) is 0 Å². The summed E-state index contributed by atoms with van der Waals surface area (Å²) >= 11 is 7.45. The second-order valence-electron chi connectivity index (χ2n) is 7.18. The number of nitrogens with one attached hydrogen (secondary N) is 2. The first-order valence-electron chi connectivity index (χ1n) is 9.45. The van der Waals surface area contributed by atoms with Gasteiger partial charge in [0, 0.05) is 30.7 Å². The lowest BCUT2D eigenvalue weighted by molar-refractivity contribution is -0.120. The van der Waals surface area contributed by atoms with Crippen molar-refractivity contribution in [1.82, 2.24) is 20.2 Å². The van der Waals surface area contributed by atoms with Crippen molar-refractivity contribution < 1.29 is 4.79 Å². The molecule has 146 valence electrons. The standard InChI is InChI=1S/C21H23ClN4OS/c1-14(28-21-24-18-8-7-16(22)11-19(18)25-21)20(27)23-17-9-10-26(13-17)12-15-5-3-2-4-6-15/h2-8,11,14,17H,9-10,12-13H2,1H3,(H,23,27)(H,24,25). The van der Waals surface area contributed by atoms with Gasteiger partial charge in [0.1, 0.15) is 0 Å². The topological polar surface area (TPSA) is 61.0 Å². The predicted octanol–water partition coefficient (Wildman–Crippen LogP) is 4.09. The first-order valence-corrected chi connectivity index (χ1v) is 10.7. The van der Waals surface area contributed by atoms with E-state index >= 15 is 0 Å². The van der Waals surface area contributed by atoms with Crippen LogP contribution in [-0.2, 0) is 11.3 Å². The monoisotopic (exact) mass is 414 g/mol. The number of imidazole rings is 1. The van der Waals surface area contributed by atoms with Gasteiger partial charge in [0.15, 0.2) is 5.16 Å². The molecular formula is C21H23ClN4OS. The van der Waals surface area contributed by atoms with E-state index in [9.17, 15) is 4.79 Å². The summed E-state index contributed by atoms with van der Waals surface area (Å²) in [5, 5.41) is 4.37. The van der Waals surface area contributed by atoms with E-state index in [0.717, 1.165) is 42.2 Å². The van der Waals surface area contributed by atoms with Gasteiger partial charge in [-0.05, 0) is 37.1 Å². The summed E-state index contributed by atoms with van der Waals surface area (Å²) in [6.07, 6.45) is 0.985. The maximum Gasteiger partial charge on any atom is 0.233 e. The van der Waals surface area contributed by atoms with Crippen LogP contribution in [0.15, 0.2) is 53.7 Å². The molecular weight excluding hydrogens is 392 g/mol. The van der Waals surface area contributed by atoms with E-state index in [1.54, 1.807) is 0 Å². The molecule has 2 heterocycles. The number of carbonyl (C=O) groups is 1. The number of likely N-dealkylation sites (tertiary alicyclic amines) is 1. The number of benzene rings is 2. The van der Waals surface area contributed by atoms with Crippen molar-refractivity contribution in [3.63, 3.8) is 0 Å². The third-order valence-corrected chi connectivity index (χ3v) is 6.17. The number of carbonyl (C=O) groups excluding carboxylic acids is 1. The number of H-pyrrole nitrogens is 1. The average molecular weight is 415 g/mol. The van der Waals surface area contributed by atoms with E-state index in [1.807, 2.05) is 31.2 Å². The molecule has 1 aliphatic rings. The molecule has 2 aromatic carbocycles. The molecule has 0 radical (unpaired) electrons. The molecule has 1 aliphatic heterocycles. The number of rotatable bonds is 6. The van der Waals surface area contributed by atoms with Gasteiger partial charge in [0.05, 0.1) is 16.3 Å². The minimum atomic E-state index is -0.223. The van der Waals surface area contributed by atoms with Gasteiger partial charge in [0.25, 0.3) is 0 Å². The van der Waals surface area contributed by atoms with Crippen LogP contribution >= 0.6 is 23.4 Å². The van der Waals surface area contributed by atoms with Crippen molar-refractivity contribution in [3.8, 4) is 0 Å². The summed E-state index contributed by atoms with van der Waals surface area (Å²) in [7, 11) is 0. The summed E-state index contributed by atoms with van der Waals surface area (Å²) < 4.78 is 0. The van der Waals surface area contributed by atoms with Crippen LogP contribution in [0.25, 0.3) is 11.0 Å². The van der Waals surface area contributed by atoms with Crippen LogP contribution in [0, 0.1) is 0 Å². The van der Waals surface area contributed by atoms with Gasteiger partial charge < -0.3 is 10.3 Å². The number of fused-ring (bicyclic) bond motifs is 1. The molecule has 7 heteroatoms. The van der Waals surface area contributed by atoms with E-state index in [0.29, 0.717) is 5.02 Å². The van der Waals surface area contributed by atoms with E-state index in [2.05, 4.69) is 44.5 Å². The van der Waals surface area contributed by atoms with Gasteiger partial charge in [-0.1, -0.05) is 53.7 Å². The van der Waals surface area contributed by atoms with Crippen molar-refractivity contribution in [2.24, 2.45) is 0 Å². The fraction of sp³-hybridized carbons (Fsp3) is 0.333. The molecule has 2 N–H and O–H groups in total. The molecule has 1 saturated heterocycles. The Kier molecular flexibility index (Phi) is 5.90. The molecule has 1 aromatic heterocycles. The lowest BCUT2D eigenvalue weighted by Gasteiger charge is -2.18. The van der Waals surface area contributed by atoms with Crippen molar-refractivity contribution in [1.29, 1.82) is 0 Å². The predicted molar refractivity (Wildman–Crippen MR) is 115 cm³/mol. The smallest absolute Gasteiger partial charge is 0.233 e. The zero-order chi connectivity index (χ0) is 19.5. The van der Waals surface area contributed by atoms with Crippen LogP contribution in [0.1, 0.15) is 18.9 Å². The minimum absolute atomic E-state index is 0.0510. The average Bonchev–Trinajstić information content (AvgIpc) is 3.28. The van der Waals surface area contributed by atoms with Crippen molar-refractivity contribution in [3.05, 3.63) is 59.1 Å². The zero-order valence-corrected chi connectivity index (χ0v) is 17.3. The summed E-state index contributed by atoms with van der Waals surface area (Å²) in [5.41, 5.74) is 3.05. The highest BCUT2D eigenvalue weighted by atomic mass is 35.5. The molecule has 0 spiro atoms. The number of aromatic nitrogens is 2. The first-order chi connectivity index (χ1) is 13.6. The van der Waals surface area contributed by atoms with E-state index < -0.39 is 0 Å². The molecule has 0 bridgehead atoms. The summed E-state index contributed by atoms with van der Waals surface area (Å²) in [5.74, 6) is 0.0510. The quantitative estimate of drug-likeness (QED) is 0.596. The maximum absolute atomic E-state index is 12.6. The van der Waals surface area contributed by atoms with Crippen molar-refractivity contribution in [2.75, 3.05) is 13.1 Å². The molecule has 0 saturated carbocycles. The lowest BCUT2D eigenvalue weighted by Crippen LogP contribution is -2.40. The third-order valence-electron chi connectivity index (χ3n) is 4.95. The zero-order valence-electron chi connectivity index (χ0n) is 15.7. The molecule has 1 amide bonds. The number of thioether (sulfide) groups is 1. The summed E-state index contributed by atoms with van der Waals surface area (Å²) in [6, 6.07) is 16.2. The number of amides is 1. The van der Waals surface area contributed by atoms with Crippen molar-refractivity contribution >= 4 is 40.3 Å². The molecule has 2 atom stereocenters. The maximum atomic E-state index is 12.6. The van der Waals surface area contributed by atoms with Gasteiger partial charge in [-0.15, -0.1) is 0 Å². The Morgan fingerprint density at radius 1 is 1.36 bits per heavy atom. The fourth-order valence-electron chi connectivity index (χ4n) is 3.49. The first kappa shape index (κ1) is 19.3. The molecule has 28 heavy (non-hydrogen) atoms. The van der Waals surface area contributed by atoms with E-state index in [1.165, 1.54) is 17.3 Å². The Morgan fingerprint density at radius 2 is 2.18 bits per heavy atom. The van der Waals surface area contributed by atoms with Crippen LogP contribution in [0.3, 0.4) is 0 Å². The van der Waals surface area contributed by atoms with Crippen LogP contribution in [0.4, 0.5) is 0 Å². The Morgan fingerprint density at radius 3 is 3.00 bits per heavy atom. The van der Waals surface area contributed by atoms with Gasteiger partial charge in [0.2, 0.25) is 5.91 Å². The van der Waals surface area contributed by atoms with Gasteiger partial charge in [-0.2, -0.15) is 0 Å². The lowest BCUT2D eigenvalue weighted by atomic mass is 10.2. The van der Waals surface area contributed by atoms with Gasteiger partial charge in [-0.25, -0.2) is 4.98 Å². The molecule has 2 unspecified atom stereocenters. The van der Waals surface area contributed by atoms with Crippen LogP contribution in [-0.4, -0.2) is 45.2 Å². The normalized spacial score (nSPS) is 18.4. The summed E-state index contributed by atoms with van der Waals surface area (Å²) in [6.45, 7) is 4.74. The van der Waals surface area contributed by atoms with Gasteiger partial charge >= 0.3 is 0 Å². The highest BCUT2D eigenvalue weighted by Crippen LogP contribution is 2.25. The van der Waals surface area contributed by atoms with Crippen LogP contribution < -0.4 is 5.32 Å². The fourth-order valence-corrected chi connectivity index (χ4v) is 4.49. The second-order valence-corrected chi connectivity index (χ2v) is 8.94. The molecule has 3 aromatic rings. The van der Waals surface area contributed by atoms with Crippen LogP contribution in [0.2, 0.25) is 5.02 Å². The molecule has 4 rings (SSSR count). The highest BCUT2D eigenvalue weighted by Gasteiger charge is 2.26. The second kappa shape index (κ2) is 8.55. The number of hydrogen-bond donors (Lipinski definition) is 2. The molecule has 0 aliphatic carbocycles. The Bertz CT molecular complexity index is 961. The number of halogens is 1. The molecule has 5 nitrogen and oxygen atoms in total.